The molecule has 0 unspecified atom stereocenters. The number of benzene rings is 1. The molecule has 0 bridgehead atoms. The number of pyridine rings is 1. The van der Waals surface area contributed by atoms with Crippen LogP contribution in [0.5, 0.6) is 0 Å². The number of hydrogen-bond donors (Lipinski definition) is 3. The largest absolute Gasteiger partial charge is 0.394 e. The number of carbonyl (C=O) groups is 1. The van der Waals surface area contributed by atoms with E-state index in [1.807, 2.05) is 51.1 Å². The second kappa shape index (κ2) is 6.75. The van der Waals surface area contributed by atoms with E-state index in [0.717, 1.165) is 16.6 Å². The molecule has 1 aromatic carbocycles. The Morgan fingerprint density at radius 1 is 1.23 bits per heavy atom. The maximum Gasteiger partial charge on any atom is 0.319 e. The van der Waals surface area contributed by atoms with Gasteiger partial charge in [-0.15, -0.1) is 0 Å². The highest BCUT2D eigenvalue weighted by Crippen LogP contribution is 2.22. The van der Waals surface area contributed by atoms with Crippen molar-refractivity contribution in [3.8, 4) is 0 Å². The first kappa shape index (κ1) is 16.2. The number of fused-ring (bicyclic) bond motifs is 1. The smallest absolute Gasteiger partial charge is 0.319 e. The van der Waals surface area contributed by atoms with E-state index < -0.39 is 5.54 Å². The lowest BCUT2D eigenvalue weighted by Gasteiger charge is -2.30. The van der Waals surface area contributed by atoms with Crippen LogP contribution in [0.1, 0.15) is 32.4 Å². The molecule has 0 fully saturated rings. The van der Waals surface area contributed by atoms with E-state index in [4.69, 9.17) is 0 Å². The number of nitrogens with one attached hydrogen (secondary N) is 2. The Kier molecular flexibility index (Phi) is 4.98. The van der Waals surface area contributed by atoms with E-state index >= 15 is 0 Å². The molecule has 3 N–H and O–H groups in total. The summed E-state index contributed by atoms with van der Waals surface area (Å²) in [6.45, 7) is 5.73. The Hall–Kier alpha value is -2.14. The summed E-state index contributed by atoms with van der Waals surface area (Å²) < 4.78 is 0. The quantitative estimate of drug-likeness (QED) is 0.794. The third kappa shape index (κ3) is 3.36. The lowest BCUT2D eigenvalue weighted by molar-refractivity contribution is 0.155. The minimum atomic E-state index is -0.585. The van der Waals surface area contributed by atoms with Crippen molar-refractivity contribution in [2.45, 2.75) is 39.2 Å². The molecule has 0 radical (unpaired) electrons. The van der Waals surface area contributed by atoms with Gasteiger partial charge in [-0.25, -0.2) is 4.79 Å². The van der Waals surface area contributed by atoms with E-state index in [9.17, 15) is 9.90 Å². The van der Waals surface area contributed by atoms with Crippen LogP contribution in [0.15, 0.2) is 30.3 Å². The number of rotatable bonds is 5. The van der Waals surface area contributed by atoms with Crippen LogP contribution in [0.25, 0.3) is 10.9 Å². The molecule has 22 heavy (non-hydrogen) atoms. The minimum absolute atomic E-state index is 0.0830. The molecule has 5 nitrogen and oxygen atoms in total. The fourth-order valence-electron chi connectivity index (χ4n) is 2.43. The van der Waals surface area contributed by atoms with E-state index in [1.54, 1.807) is 0 Å². The number of anilines is 1. The summed E-state index contributed by atoms with van der Waals surface area (Å²) in [6, 6.07) is 9.27. The zero-order valence-electron chi connectivity index (χ0n) is 13.3. The first-order valence-electron chi connectivity index (χ1n) is 7.60. The molecule has 2 amide bonds. The maximum atomic E-state index is 12.3. The number of carbonyl (C=O) groups excluding carboxylic acids is 1. The highest BCUT2D eigenvalue weighted by atomic mass is 16.3. The highest BCUT2D eigenvalue weighted by Gasteiger charge is 2.27. The van der Waals surface area contributed by atoms with Crippen molar-refractivity contribution in [2.75, 3.05) is 11.9 Å². The average Bonchev–Trinajstić information content (AvgIpc) is 2.53. The third-order valence-corrected chi connectivity index (χ3v) is 4.14. The van der Waals surface area contributed by atoms with Crippen LogP contribution < -0.4 is 10.6 Å². The number of aryl methyl sites for hydroxylation is 1. The van der Waals surface area contributed by atoms with Gasteiger partial charge < -0.3 is 15.7 Å². The molecular weight excluding hydrogens is 278 g/mol. The van der Waals surface area contributed by atoms with Crippen LogP contribution in [0.3, 0.4) is 0 Å². The number of aliphatic hydroxyl groups is 1. The predicted octanol–water partition coefficient (Wildman–Crippen LogP) is 3.22. The topological polar surface area (TPSA) is 74.2 Å². The number of hydrogen-bond acceptors (Lipinski definition) is 3. The number of nitrogens with zero attached hydrogens (tertiary/aromatic N) is 1. The standard InChI is InChI=1S/C17H23N3O2/c1-4-17(5-2,11-21)20-16(22)19-14-8-6-7-13-10-9-12(3)18-15(13)14/h6-10,21H,4-5,11H2,1-3H3,(H2,19,20,22). The number of aliphatic hydroxyl groups excluding tert-OH is 1. The summed E-state index contributed by atoms with van der Waals surface area (Å²) in [7, 11) is 0. The molecule has 2 aromatic rings. The molecule has 0 aliphatic rings. The van der Waals surface area contributed by atoms with Gasteiger partial charge in [0.1, 0.15) is 0 Å². The number of urea groups is 1. The predicted molar refractivity (Wildman–Crippen MR) is 89.0 cm³/mol. The van der Waals surface area contributed by atoms with Gasteiger partial charge in [-0.1, -0.05) is 32.0 Å². The van der Waals surface area contributed by atoms with Crippen LogP contribution in [0.2, 0.25) is 0 Å². The summed E-state index contributed by atoms with van der Waals surface area (Å²) in [5, 5.41) is 16.2. The monoisotopic (exact) mass is 301 g/mol. The zero-order valence-corrected chi connectivity index (χ0v) is 13.3. The molecule has 0 aliphatic heterocycles. The van der Waals surface area contributed by atoms with Crippen molar-refractivity contribution in [2.24, 2.45) is 0 Å². The van der Waals surface area contributed by atoms with Gasteiger partial charge in [-0.3, -0.25) is 4.98 Å². The second-order valence-corrected chi connectivity index (χ2v) is 5.55. The van der Waals surface area contributed by atoms with Crippen molar-refractivity contribution in [3.63, 3.8) is 0 Å². The lowest BCUT2D eigenvalue weighted by Crippen LogP contribution is -2.52. The summed E-state index contributed by atoms with van der Waals surface area (Å²) in [5.41, 5.74) is 1.74. The van der Waals surface area contributed by atoms with Crippen molar-refractivity contribution in [1.82, 2.24) is 10.3 Å². The molecule has 1 aromatic heterocycles. The molecular formula is C17H23N3O2. The van der Waals surface area contributed by atoms with Gasteiger partial charge in [0.2, 0.25) is 0 Å². The number of aromatic nitrogens is 1. The van der Waals surface area contributed by atoms with E-state index in [0.29, 0.717) is 18.5 Å². The first-order chi connectivity index (χ1) is 10.5. The molecule has 1 heterocycles. The van der Waals surface area contributed by atoms with E-state index in [1.165, 1.54) is 0 Å². The van der Waals surface area contributed by atoms with Gasteiger partial charge in [0.25, 0.3) is 0 Å². The average molecular weight is 301 g/mol. The summed E-state index contributed by atoms with van der Waals surface area (Å²) in [6.07, 6.45) is 1.33. The minimum Gasteiger partial charge on any atom is -0.394 e. The van der Waals surface area contributed by atoms with Crippen LogP contribution in [-0.4, -0.2) is 28.3 Å². The van der Waals surface area contributed by atoms with Crippen LogP contribution in [0.4, 0.5) is 10.5 Å². The number of amides is 2. The Balaban J connectivity index is 2.24. The number of para-hydroxylation sites is 1. The van der Waals surface area contributed by atoms with Crippen molar-refractivity contribution in [1.29, 1.82) is 0 Å². The van der Waals surface area contributed by atoms with E-state index in [2.05, 4.69) is 15.6 Å². The summed E-state index contributed by atoms with van der Waals surface area (Å²) >= 11 is 0. The Morgan fingerprint density at radius 2 is 1.95 bits per heavy atom. The Bertz CT molecular complexity index is 658. The highest BCUT2D eigenvalue weighted by molar-refractivity contribution is 5.99. The van der Waals surface area contributed by atoms with Gasteiger partial charge in [0.15, 0.2) is 0 Å². The second-order valence-electron chi connectivity index (χ2n) is 5.55. The normalized spacial score (nSPS) is 11.5. The molecule has 118 valence electrons. The lowest BCUT2D eigenvalue weighted by atomic mass is 9.94. The van der Waals surface area contributed by atoms with Gasteiger partial charge in [-0.2, -0.15) is 0 Å². The summed E-state index contributed by atoms with van der Waals surface area (Å²) in [4.78, 5) is 16.8. The summed E-state index contributed by atoms with van der Waals surface area (Å²) in [5.74, 6) is 0. The van der Waals surface area contributed by atoms with E-state index in [-0.39, 0.29) is 12.6 Å². The zero-order chi connectivity index (χ0) is 16.2. The fourth-order valence-corrected chi connectivity index (χ4v) is 2.43. The molecule has 0 aliphatic carbocycles. The van der Waals surface area contributed by atoms with Gasteiger partial charge in [0.05, 0.1) is 23.3 Å². The maximum absolute atomic E-state index is 12.3. The molecule has 5 heteroatoms. The molecule has 0 saturated carbocycles. The van der Waals surface area contributed by atoms with Gasteiger partial charge in [-0.05, 0) is 31.9 Å². The third-order valence-electron chi connectivity index (χ3n) is 4.14. The fraction of sp³-hybridized carbons (Fsp3) is 0.412. The van der Waals surface area contributed by atoms with Gasteiger partial charge in [0, 0.05) is 11.1 Å². The molecule has 0 saturated heterocycles. The van der Waals surface area contributed by atoms with Crippen molar-refractivity contribution < 1.29 is 9.90 Å². The SMILES string of the molecule is CCC(CC)(CO)NC(=O)Nc1cccc2ccc(C)nc12. The van der Waals surface area contributed by atoms with Crippen molar-refractivity contribution in [3.05, 3.63) is 36.0 Å². The molecule has 0 spiro atoms. The van der Waals surface area contributed by atoms with Crippen LogP contribution in [-0.2, 0) is 0 Å². The first-order valence-corrected chi connectivity index (χ1v) is 7.60. The Morgan fingerprint density at radius 3 is 2.59 bits per heavy atom. The van der Waals surface area contributed by atoms with Gasteiger partial charge >= 0.3 is 6.03 Å². The molecule has 2 rings (SSSR count). The Labute approximate surface area is 130 Å². The van der Waals surface area contributed by atoms with Crippen LogP contribution in [0, 0.1) is 6.92 Å². The molecule has 0 atom stereocenters. The van der Waals surface area contributed by atoms with Crippen LogP contribution >= 0.6 is 0 Å². The van der Waals surface area contributed by atoms with Crippen molar-refractivity contribution >= 4 is 22.6 Å².